The number of amides is 1. The molecule has 0 saturated heterocycles. The van der Waals surface area contributed by atoms with Crippen LogP contribution < -0.4 is 10.1 Å². The zero-order valence-electron chi connectivity index (χ0n) is 14.3. The highest BCUT2D eigenvalue weighted by molar-refractivity contribution is 6.30. The largest absolute Gasteiger partial charge is 0.490 e. The second kappa shape index (κ2) is 8.36. The van der Waals surface area contributed by atoms with Gasteiger partial charge in [-0.15, -0.1) is 0 Å². The second-order valence-corrected chi connectivity index (χ2v) is 6.22. The van der Waals surface area contributed by atoms with Gasteiger partial charge in [0.15, 0.2) is 0 Å². The fourth-order valence-corrected chi connectivity index (χ4v) is 2.38. The molecule has 0 saturated carbocycles. The van der Waals surface area contributed by atoms with E-state index < -0.39 is 5.91 Å². The lowest BCUT2D eigenvalue weighted by atomic mass is 10.1. The number of para-hydroxylation sites is 1. The van der Waals surface area contributed by atoms with Crippen LogP contribution in [0.5, 0.6) is 5.75 Å². The molecule has 1 N–H and O–H groups in total. The summed E-state index contributed by atoms with van der Waals surface area (Å²) in [6.45, 7) is 5.69. The maximum absolute atomic E-state index is 12.4. The van der Waals surface area contributed by atoms with Gasteiger partial charge in [-0.25, -0.2) is 0 Å². The first-order valence-corrected chi connectivity index (χ1v) is 8.23. The van der Waals surface area contributed by atoms with Crippen LogP contribution in [0.15, 0.2) is 48.0 Å². The van der Waals surface area contributed by atoms with Crippen molar-refractivity contribution in [1.82, 2.24) is 0 Å². The Morgan fingerprint density at radius 3 is 2.64 bits per heavy atom. The molecule has 0 spiro atoms. The standard InChI is InChI=1S/C20H19ClN2O2/c1-13(2)25-19-9-8-17(21)11-15(19)10-16(12-22)20(24)23-18-7-5-4-6-14(18)3/h4-11,13H,1-3H3,(H,23,24)/b16-10+. The van der Waals surface area contributed by atoms with Crippen molar-refractivity contribution in [2.45, 2.75) is 26.9 Å². The van der Waals surface area contributed by atoms with Crippen LogP contribution in [-0.4, -0.2) is 12.0 Å². The molecule has 128 valence electrons. The summed E-state index contributed by atoms with van der Waals surface area (Å²) in [5.41, 5.74) is 2.13. The van der Waals surface area contributed by atoms with Crippen molar-refractivity contribution >= 4 is 29.3 Å². The highest BCUT2D eigenvalue weighted by Crippen LogP contribution is 2.26. The molecular formula is C20H19ClN2O2. The number of carbonyl (C=O) groups excluding carboxylic acids is 1. The predicted octanol–water partition coefficient (Wildman–Crippen LogP) is 4.98. The van der Waals surface area contributed by atoms with Crippen molar-refractivity contribution in [1.29, 1.82) is 5.26 Å². The number of carbonyl (C=O) groups is 1. The average molecular weight is 355 g/mol. The molecule has 0 aliphatic rings. The molecule has 0 aliphatic carbocycles. The number of hydrogen-bond acceptors (Lipinski definition) is 3. The number of halogens is 1. The van der Waals surface area contributed by atoms with E-state index >= 15 is 0 Å². The van der Waals surface area contributed by atoms with E-state index in [9.17, 15) is 10.1 Å². The molecule has 1 amide bonds. The first-order chi connectivity index (χ1) is 11.9. The van der Waals surface area contributed by atoms with Crippen molar-refractivity contribution < 1.29 is 9.53 Å². The Kier molecular flexibility index (Phi) is 6.21. The molecule has 0 radical (unpaired) electrons. The predicted molar refractivity (Wildman–Crippen MR) is 101 cm³/mol. The maximum Gasteiger partial charge on any atom is 0.266 e. The molecule has 0 unspecified atom stereocenters. The number of nitriles is 1. The van der Waals surface area contributed by atoms with Gasteiger partial charge in [0, 0.05) is 16.3 Å². The van der Waals surface area contributed by atoms with E-state index in [1.807, 2.05) is 45.0 Å². The molecule has 0 bridgehead atoms. The van der Waals surface area contributed by atoms with E-state index in [2.05, 4.69) is 5.32 Å². The van der Waals surface area contributed by atoms with Crippen LogP contribution in [0.2, 0.25) is 5.02 Å². The summed E-state index contributed by atoms with van der Waals surface area (Å²) in [6.07, 6.45) is 1.44. The normalized spacial score (nSPS) is 11.1. The maximum atomic E-state index is 12.4. The number of aryl methyl sites for hydroxylation is 1. The fourth-order valence-electron chi connectivity index (χ4n) is 2.20. The van der Waals surface area contributed by atoms with Crippen LogP contribution in [0.4, 0.5) is 5.69 Å². The van der Waals surface area contributed by atoms with Gasteiger partial charge in [-0.05, 0) is 56.7 Å². The SMILES string of the molecule is Cc1ccccc1NC(=O)/C(C#N)=C/c1cc(Cl)ccc1OC(C)C. The zero-order valence-corrected chi connectivity index (χ0v) is 15.1. The van der Waals surface area contributed by atoms with E-state index in [1.165, 1.54) is 6.08 Å². The van der Waals surface area contributed by atoms with Crippen LogP contribution in [0.3, 0.4) is 0 Å². The number of rotatable bonds is 5. The number of nitrogens with zero attached hydrogens (tertiary/aromatic N) is 1. The number of ether oxygens (including phenoxy) is 1. The lowest BCUT2D eigenvalue weighted by molar-refractivity contribution is -0.112. The Bertz CT molecular complexity index is 851. The third-order valence-electron chi connectivity index (χ3n) is 3.39. The minimum absolute atomic E-state index is 0.0286. The summed E-state index contributed by atoms with van der Waals surface area (Å²) in [5, 5.41) is 12.6. The Labute approximate surface area is 152 Å². The minimum Gasteiger partial charge on any atom is -0.490 e. The molecule has 0 atom stereocenters. The topological polar surface area (TPSA) is 62.1 Å². The molecule has 0 aliphatic heterocycles. The summed E-state index contributed by atoms with van der Waals surface area (Å²) in [4.78, 5) is 12.4. The van der Waals surface area contributed by atoms with Gasteiger partial charge < -0.3 is 10.1 Å². The van der Waals surface area contributed by atoms with Crippen LogP contribution in [-0.2, 0) is 4.79 Å². The smallest absolute Gasteiger partial charge is 0.266 e. The van der Waals surface area contributed by atoms with E-state index in [0.29, 0.717) is 22.0 Å². The number of hydrogen-bond donors (Lipinski definition) is 1. The first-order valence-electron chi connectivity index (χ1n) is 7.85. The number of benzene rings is 2. The lowest BCUT2D eigenvalue weighted by Gasteiger charge is -2.13. The lowest BCUT2D eigenvalue weighted by Crippen LogP contribution is -2.14. The Hall–Kier alpha value is -2.77. The summed E-state index contributed by atoms with van der Waals surface area (Å²) in [5.74, 6) is 0.0862. The molecule has 0 fully saturated rings. The van der Waals surface area contributed by atoms with Crippen LogP contribution in [0.25, 0.3) is 6.08 Å². The van der Waals surface area contributed by atoms with E-state index in [0.717, 1.165) is 5.56 Å². The Balaban J connectivity index is 2.34. The summed E-state index contributed by atoms with van der Waals surface area (Å²) >= 11 is 6.04. The summed E-state index contributed by atoms with van der Waals surface area (Å²) < 4.78 is 5.72. The molecule has 4 nitrogen and oxygen atoms in total. The van der Waals surface area contributed by atoms with Gasteiger partial charge in [-0.2, -0.15) is 5.26 Å². The molecule has 0 heterocycles. The van der Waals surface area contributed by atoms with Crippen molar-refractivity contribution in [2.24, 2.45) is 0 Å². The Morgan fingerprint density at radius 2 is 2.00 bits per heavy atom. The van der Waals surface area contributed by atoms with Crippen molar-refractivity contribution in [3.8, 4) is 11.8 Å². The van der Waals surface area contributed by atoms with Crippen LogP contribution in [0.1, 0.15) is 25.0 Å². The number of anilines is 1. The summed E-state index contributed by atoms with van der Waals surface area (Å²) in [7, 11) is 0. The zero-order chi connectivity index (χ0) is 18.4. The second-order valence-electron chi connectivity index (χ2n) is 5.79. The van der Waals surface area contributed by atoms with Crippen molar-refractivity contribution in [2.75, 3.05) is 5.32 Å². The van der Waals surface area contributed by atoms with Gasteiger partial charge in [-0.1, -0.05) is 29.8 Å². The minimum atomic E-state index is -0.479. The highest BCUT2D eigenvalue weighted by atomic mass is 35.5. The van der Waals surface area contributed by atoms with Gasteiger partial charge in [0.05, 0.1) is 6.10 Å². The van der Waals surface area contributed by atoms with E-state index in [-0.39, 0.29) is 11.7 Å². The van der Waals surface area contributed by atoms with Crippen molar-refractivity contribution in [3.63, 3.8) is 0 Å². The molecular weight excluding hydrogens is 336 g/mol. The van der Waals surface area contributed by atoms with Crippen LogP contribution >= 0.6 is 11.6 Å². The third kappa shape index (κ3) is 5.10. The van der Waals surface area contributed by atoms with Gasteiger partial charge in [0.2, 0.25) is 0 Å². The highest BCUT2D eigenvalue weighted by Gasteiger charge is 2.13. The van der Waals surface area contributed by atoms with E-state index in [1.54, 1.807) is 24.3 Å². The molecule has 2 aromatic rings. The van der Waals surface area contributed by atoms with Crippen molar-refractivity contribution in [3.05, 3.63) is 64.2 Å². The average Bonchev–Trinajstić information content (AvgIpc) is 2.56. The fraction of sp³-hybridized carbons (Fsp3) is 0.200. The van der Waals surface area contributed by atoms with Gasteiger partial charge in [-0.3, -0.25) is 4.79 Å². The molecule has 25 heavy (non-hydrogen) atoms. The molecule has 0 aromatic heterocycles. The monoisotopic (exact) mass is 354 g/mol. The summed E-state index contributed by atoms with van der Waals surface area (Å²) in [6, 6.07) is 14.4. The molecule has 5 heteroatoms. The number of nitrogens with one attached hydrogen (secondary N) is 1. The third-order valence-corrected chi connectivity index (χ3v) is 3.63. The van der Waals surface area contributed by atoms with Gasteiger partial charge in [0.25, 0.3) is 5.91 Å². The molecule has 2 aromatic carbocycles. The van der Waals surface area contributed by atoms with Crippen LogP contribution in [0, 0.1) is 18.3 Å². The van der Waals surface area contributed by atoms with Gasteiger partial charge in [0.1, 0.15) is 17.4 Å². The molecule has 2 rings (SSSR count). The first kappa shape index (κ1) is 18.6. The van der Waals surface area contributed by atoms with E-state index in [4.69, 9.17) is 16.3 Å². The Morgan fingerprint density at radius 1 is 1.28 bits per heavy atom. The quantitative estimate of drug-likeness (QED) is 0.608. The van der Waals surface area contributed by atoms with Gasteiger partial charge >= 0.3 is 0 Å².